The van der Waals surface area contributed by atoms with Crippen LogP contribution in [-0.2, 0) is 0 Å². The molecule has 0 amide bonds. The number of carbonyl (C=O) groups is 1. The van der Waals surface area contributed by atoms with E-state index < -0.39 is 0 Å². The van der Waals surface area contributed by atoms with Crippen LogP contribution in [0.5, 0.6) is 0 Å². The summed E-state index contributed by atoms with van der Waals surface area (Å²) in [4.78, 5) is 17.0. The highest BCUT2D eigenvalue weighted by molar-refractivity contribution is 5.97. The zero-order valence-corrected chi connectivity index (χ0v) is 13.9. The minimum atomic E-state index is 0.257. The molecule has 0 radical (unpaired) electrons. The van der Waals surface area contributed by atoms with Crippen molar-refractivity contribution in [2.24, 2.45) is 0 Å². The van der Waals surface area contributed by atoms with Gasteiger partial charge in [-0.1, -0.05) is 24.3 Å². The number of carbonyl (C=O) groups excluding carboxylic acids is 1. The second-order valence-electron chi connectivity index (χ2n) is 6.70. The van der Waals surface area contributed by atoms with Crippen LogP contribution in [0.3, 0.4) is 0 Å². The Balaban J connectivity index is 1.85. The van der Waals surface area contributed by atoms with E-state index in [2.05, 4.69) is 30.9 Å². The molecular formula is C18H28N2O. The molecular weight excluding hydrogens is 260 g/mol. The van der Waals surface area contributed by atoms with Crippen LogP contribution in [0, 0.1) is 6.92 Å². The molecule has 3 heteroatoms. The van der Waals surface area contributed by atoms with Gasteiger partial charge in [-0.25, -0.2) is 0 Å². The number of benzene rings is 1. The molecule has 21 heavy (non-hydrogen) atoms. The van der Waals surface area contributed by atoms with Gasteiger partial charge in [-0.05, 0) is 52.9 Å². The van der Waals surface area contributed by atoms with Gasteiger partial charge in [0, 0.05) is 30.6 Å². The highest BCUT2D eigenvalue weighted by Gasteiger charge is 2.39. The van der Waals surface area contributed by atoms with E-state index in [4.69, 9.17) is 0 Å². The minimum Gasteiger partial charge on any atom is -0.304 e. The lowest BCUT2D eigenvalue weighted by Gasteiger charge is -2.49. The summed E-state index contributed by atoms with van der Waals surface area (Å²) in [6, 6.07) is 7.87. The first-order valence-corrected chi connectivity index (χ1v) is 7.89. The molecule has 1 aromatic carbocycles. The van der Waals surface area contributed by atoms with Crippen molar-refractivity contribution < 1.29 is 4.79 Å². The van der Waals surface area contributed by atoms with Gasteiger partial charge < -0.3 is 9.80 Å². The summed E-state index contributed by atoms with van der Waals surface area (Å²) >= 11 is 0. The molecule has 0 N–H and O–H groups in total. The summed E-state index contributed by atoms with van der Waals surface area (Å²) in [5.41, 5.74) is 2.28. The van der Waals surface area contributed by atoms with E-state index in [9.17, 15) is 4.79 Å². The monoisotopic (exact) mass is 288 g/mol. The molecule has 0 saturated heterocycles. The van der Waals surface area contributed by atoms with Gasteiger partial charge in [0.2, 0.25) is 0 Å². The molecule has 1 saturated carbocycles. The lowest BCUT2D eigenvalue weighted by Crippen LogP contribution is -2.56. The lowest BCUT2D eigenvalue weighted by atomic mass is 9.75. The van der Waals surface area contributed by atoms with Crippen molar-refractivity contribution in [1.82, 2.24) is 9.80 Å². The number of aryl methyl sites for hydroxylation is 1. The van der Waals surface area contributed by atoms with E-state index in [0.717, 1.165) is 24.2 Å². The van der Waals surface area contributed by atoms with Crippen LogP contribution in [0.4, 0.5) is 0 Å². The first-order valence-electron chi connectivity index (χ1n) is 7.89. The average Bonchev–Trinajstić information content (AvgIpc) is 2.40. The normalized spacial score (nSPS) is 17.0. The third-order valence-electron chi connectivity index (χ3n) is 4.96. The van der Waals surface area contributed by atoms with Crippen LogP contribution in [0.25, 0.3) is 0 Å². The standard InChI is InChI=1S/C18H28N2O/c1-15-8-5-6-9-16(15)17(21)10-13-20(4)14-18(19(2)3)11-7-12-18/h5-6,8-9H,7,10-14H2,1-4H3. The highest BCUT2D eigenvalue weighted by Crippen LogP contribution is 2.36. The molecule has 0 aromatic heterocycles. The summed E-state index contributed by atoms with van der Waals surface area (Å²) in [5.74, 6) is 0.257. The topological polar surface area (TPSA) is 23.6 Å². The number of Topliss-reactive ketones (excluding diaryl/α,β-unsaturated/α-hetero) is 1. The summed E-state index contributed by atoms with van der Waals surface area (Å²) in [7, 11) is 6.48. The average molecular weight is 288 g/mol. The van der Waals surface area contributed by atoms with Crippen molar-refractivity contribution >= 4 is 5.78 Å². The second-order valence-corrected chi connectivity index (χ2v) is 6.70. The van der Waals surface area contributed by atoms with Crippen molar-refractivity contribution in [3.05, 3.63) is 35.4 Å². The van der Waals surface area contributed by atoms with E-state index in [1.807, 2.05) is 31.2 Å². The lowest BCUT2D eigenvalue weighted by molar-refractivity contribution is 0.0276. The first kappa shape index (κ1) is 16.2. The van der Waals surface area contributed by atoms with Gasteiger partial charge in [-0.15, -0.1) is 0 Å². The quantitative estimate of drug-likeness (QED) is 0.721. The zero-order valence-electron chi connectivity index (χ0n) is 13.9. The SMILES string of the molecule is Cc1ccccc1C(=O)CCN(C)CC1(N(C)C)CCC1. The molecule has 1 fully saturated rings. The molecule has 0 atom stereocenters. The van der Waals surface area contributed by atoms with Gasteiger partial charge in [0.15, 0.2) is 5.78 Å². The summed E-state index contributed by atoms with van der Waals surface area (Å²) in [5, 5.41) is 0. The fourth-order valence-corrected chi connectivity index (χ4v) is 3.23. The Kier molecular flexibility index (Phi) is 5.17. The van der Waals surface area contributed by atoms with Crippen molar-refractivity contribution in [2.45, 2.75) is 38.1 Å². The van der Waals surface area contributed by atoms with Gasteiger partial charge in [0.1, 0.15) is 0 Å². The van der Waals surface area contributed by atoms with Gasteiger partial charge in [0.25, 0.3) is 0 Å². The first-order chi connectivity index (χ1) is 9.94. The van der Waals surface area contributed by atoms with Crippen molar-refractivity contribution in [3.63, 3.8) is 0 Å². The van der Waals surface area contributed by atoms with Gasteiger partial charge in [-0.3, -0.25) is 4.79 Å². The maximum absolute atomic E-state index is 12.3. The summed E-state index contributed by atoms with van der Waals surface area (Å²) in [6.45, 7) is 3.90. The molecule has 1 aliphatic rings. The molecule has 0 heterocycles. The second kappa shape index (κ2) is 6.71. The molecule has 1 aliphatic carbocycles. The molecule has 0 unspecified atom stereocenters. The maximum atomic E-state index is 12.3. The Morgan fingerprint density at radius 1 is 1.19 bits per heavy atom. The van der Waals surface area contributed by atoms with Crippen LogP contribution in [0.15, 0.2) is 24.3 Å². The van der Waals surface area contributed by atoms with Gasteiger partial charge in [-0.2, -0.15) is 0 Å². The van der Waals surface area contributed by atoms with Crippen LogP contribution >= 0.6 is 0 Å². The van der Waals surface area contributed by atoms with Crippen LogP contribution in [0.1, 0.15) is 41.6 Å². The van der Waals surface area contributed by atoms with Gasteiger partial charge in [0.05, 0.1) is 0 Å². The third kappa shape index (κ3) is 3.72. The van der Waals surface area contributed by atoms with E-state index in [1.54, 1.807) is 0 Å². The molecule has 3 nitrogen and oxygen atoms in total. The number of hydrogen-bond donors (Lipinski definition) is 0. The van der Waals surface area contributed by atoms with E-state index in [-0.39, 0.29) is 5.78 Å². The fourth-order valence-electron chi connectivity index (χ4n) is 3.23. The van der Waals surface area contributed by atoms with Crippen LogP contribution in [0.2, 0.25) is 0 Å². The third-order valence-corrected chi connectivity index (χ3v) is 4.96. The highest BCUT2D eigenvalue weighted by atomic mass is 16.1. The van der Waals surface area contributed by atoms with Crippen LogP contribution in [-0.4, -0.2) is 55.4 Å². The predicted molar refractivity (Wildman–Crippen MR) is 87.9 cm³/mol. The number of ketones is 1. The predicted octanol–water partition coefficient (Wildman–Crippen LogP) is 2.98. The fraction of sp³-hybridized carbons (Fsp3) is 0.611. The molecule has 0 aliphatic heterocycles. The smallest absolute Gasteiger partial charge is 0.164 e. The molecule has 116 valence electrons. The maximum Gasteiger partial charge on any atom is 0.164 e. The van der Waals surface area contributed by atoms with Crippen molar-refractivity contribution in [3.8, 4) is 0 Å². The van der Waals surface area contributed by atoms with E-state index >= 15 is 0 Å². The Morgan fingerprint density at radius 3 is 2.38 bits per heavy atom. The largest absolute Gasteiger partial charge is 0.304 e. The minimum absolute atomic E-state index is 0.257. The number of rotatable bonds is 7. The zero-order chi connectivity index (χ0) is 15.5. The summed E-state index contributed by atoms with van der Waals surface area (Å²) < 4.78 is 0. The molecule has 1 aromatic rings. The Labute approximate surface area is 128 Å². The van der Waals surface area contributed by atoms with E-state index in [1.165, 1.54) is 19.3 Å². The molecule has 0 spiro atoms. The van der Waals surface area contributed by atoms with Crippen LogP contribution < -0.4 is 0 Å². The Morgan fingerprint density at radius 2 is 1.86 bits per heavy atom. The Hall–Kier alpha value is -1.19. The van der Waals surface area contributed by atoms with Crippen molar-refractivity contribution in [2.75, 3.05) is 34.2 Å². The van der Waals surface area contributed by atoms with E-state index in [0.29, 0.717) is 12.0 Å². The molecule has 2 rings (SSSR count). The number of likely N-dealkylation sites (N-methyl/N-ethyl adjacent to an activating group) is 2. The number of nitrogens with zero attached hydrogens (tertiary/aromatic N) is 2. The summed E-state index contributed by atoms with van der Waals surface area (Å²) in [6.07, 6.45) is 4.48. The molecule has 0 bridgehead atoms. The van der Waals surface area contributed by atoms with Crippen molar-refractivity contribution in [1.29, 1.82) is 0 Å². The Bertz CT molecular complexity index is 492. The number of hydrogen-bond acceptors (Lipinski definition) is 3. The van der Waals surface area contributed by atoms with Gasteiger partial charge >= 0.3 is 0 Å².